The maximum Gasteiger partial charge on any atom is 0.351 e. The Morgan fingerprint density at radius 1 is 0.957 bits per heavy atom. The summed E-state index contributed by atoms with van der Waals surface area (Å²) in [5.74, 6) is -0.870. The molecule has 6 rings (SSSR count). The molecule has 3 amide bonds. The molecule has 1 atom stereocenters. The quantitative estimate of drug-likeness (QED) is 0.280. The molecule has 2 N–H and O–H groups in total. The molecule has 3 aromatic heterocycles. The van der Waals surface area contributed by atoms with Crippen LogP contribution in [-0.2, 0) is 14.1 Å². The molecular formula is C32H28N10O4. The topological polar surface area (TPSA) is 173 Å². The van der Waals surface area contributed by atoms with Gasteiger partial charge in [-0.05, 0) is 61.9 Å². The van der Waals surface area contributed by atoms with Crippen molar-refractivity contribution in [2.45, 2.75) is 26.3 Å². The summed E-state index contributed by atoms with van der Waals surface area (Å²) in [4.78, 5) is 59.1. The van der Waals surface area contributed by atoms with Crippen LogP contribution in [0.1, 0.15) is 67.7 Å². The molecule has 1 aliphatic rings. The predicted molar refractivity (Wildman–Crippen MR) is 168 cm³/mol. The van der Waals surface area contributed by atoms with Crippen molar-refractivity contribution in [2.24, 2.45) is 14.1 Å². The Kier molecular flexibility index (Phi) is 7.50. The highest BCUT2D eigenvalue weighted by Crippen LogP contribution is 2.41. The minimum Gasteiger partial charge on any atom is -0.321 e. The second-order valence-corrected chi connectivity index (χ2v) is 10.7. The second-order valence-electron chi connectivity index (χ2n) is 10.7. The summed E-state index contributed by atoms with van der Waals surface area (Å²) in [6, 6.07) is 17.9. The molecule has 14 nitrogen and oxygen atoms in total. The van der Waals surface area contributed by atoms with E-state index in [4.69, 9.17) is 0 Å². The van der Waals surface area contributed by atoms with Crippen LogP contribution in [0, 0.1) is 18.3 Å². The molecule has 14 heteroatoms. The van der Waals surface area contributed by atoms with E-state index in [1.807, 2.05) is 13.0 Å². The molecule has 4 heterocycles. The van der Waals surface area contributed by atoms with Crippen LogP contribution in [-0.4, -0.2) is 46.8 Å². The largest absolute Gasteiger partial charge is 0.351 e. The minimum atomic E-state index is -0.523. The zero-order valence-corrected chi connectivity index (χ0v) is 25.3. The third-order valence-electron chi connectivity index (χ3n) is 7.63. The first kappa shape index (κ1) is 29.7. The minimum absolute atomic E-state index is 0.0621. The van der Waals surface area contributed by atoms with Crippen molar-refractivity contribution in [2.75, 3.05) is 15.5 Å². The first-order valence-electron chi connectivity index (χ1n) is 14.3. The van der Waals surface area contributed by atoms with Crippen molar-refractivity contribution in [1.29, 1.82) is 5.26 Å². The van der Waals surface area contributed by atoms with Gasteiger partial charge in [-0.15, -0.1) is 5.10 Å². The van der Waals surface area contributed by atoms with E-state index in [-0.39, 0.29) is 23.3 Å². The van der Waals surface area contributed by atoms with E-state index in [1.54, 1.807) is 90.4 Å². The van der Waals surface area contributed by atoms with E-state index in [2.05, 4.69) is 25.8 Å². The molecule has 1 aliphatic heterocycles. The van der Waals surface area contributed by atoms with Gasteiger partial charge in [-0.1, -0.05) is 13.0 Å². The third-order valence-corrected chi connectivity index (χ3v) is 7.63. The Balaban J connectivity index is 1.29. The number of rotatable bonds is 7. The fourth-order valence-corrected chi connectivity index (χ4v) is 5.59. The molecule has 46 heavy (non-hydrogen) atoms. The fraction of sp³-hybridized carbons (Fsp3) is 0.188. The summed E-state index contributed by atoms with van der Waals surface area (Å²) in [6.45, 7) is 3.62. The number of nitrogens with zero attached hydrogens (tertiary/aromatic N) is 8. The van der Waals surface area contributed by atoms with Gasteiger partial charge >= 0.3 is 5.69 Å². The number of amides is 3. The number of anilines is 3. The number of aromatic nitrogens is 6. The van der Waals surface area contributed by atoms with Crippen LogP contribution in [0.25, 0.3) is 5.69 Å². The molecule has 5 aromatic rings. The van der Waals surface area contributed by atoms with Crippen LogP contribution in [0.3, 0.4) is 0 Å². The van der Waals surface area contributed by atoms with Gasteiger partial charge in [0.05, 0.1) is 11.7 Å². The SMILES string of the molecule is CC[C@@H]1c2c(cc(C)nc2C(=O)Nc2cccc(C(=O)Nc3ccn(C)n3)c2)C(=O)N1c1ccc(-n2c(C#N)nn(C)c2=O)cc1. The van der Waals surface area contributed by atoms with Crippen molar-refractivity contribution < 1.29 is 14.4 Å². The highest BCUT2D eigenvalue weighted by Gasteiger charge is 2.40. The normalized spacial score (nSPS) is 13.8. The van der Waals surface area contributed by atoms with Crippen LogP contribution >= 0.6 is 0 Å². The van der Waals surface area contributed by atoms with Crippen LogP contribution < -0.4 is 21.2 Å². The fourth-order valence-electron chi connectivity index (χ4n) is 5.59. The maximum atomic E-state index is 13.8. The van der Waals surface area contributed by atoms with Crippen molar-refractivity contribution in [3.05, 3.63) is 111 Å². The molecule has 230 valence electrons. The number of nitrogens with one attached hydrogen (secondary N) is 2. The van der Waals surface area contributed by atoms with Gasteiger partial charge in [0.25, 0.3) is 17.7 Å². The molecule has 0 spiro atoms. The van der Waals surface area contributed by atoms with Gasteiger partial charge in [0.1, 0.15) is 11.8 Å². The lowest BCUT2D eigenvalue weighted by Crippen LogP contribution is -2.28. The number of carbonyl (C=O) groups is 3. The van der Waals surface area contributed by atoms with Crippen molar-refractivity contribution in [3.63, 3.8) is 0 Å². The molecule has 0 aliphatic carbocycles. The van der Waals surface area contributed by atoms with Crippen molar-refractivity contribution in [1.82, 2.24) is 29.1 Å². The summed E-state index contributed by atoms with van der Waals surface area (Å²) in [5.41, 5.74) is 2.65. The smallest absolute Gasteiger partial charge is 0.321 e. The predicted octanol–water partition coefficient (Wildman–Crippen LogP) is 3.50. The molecule has 0 radical (unpaired) electrons. The molecule has 0 saturated heterocycles. The van der Waals surface area contributed by atoms with E-state index in [1.165, 1.54) is 11.6 Å². The number of hydrogen-bond donors (Lipinski definition) is 2. The van der Waals surface area contributed by atoms with E-state index >= 15 is 0 Å². The first-order chi connectivity index (χ1) is 22.1. The average Bonchev–Trinajstić information content (AvgIpc) is 3.68. The van der Waals surface area contributed by atoms with Gasteiger partial charge < -0.3 is 15.5 Å². The highest BCUT2D eigenvalue weighted by molar-refractivity contribution is 6.15. The first-order valence-corrected chi connectivity index (χ1v) is 14.3. The van der Waals surface area contributed by atoms with Gasteiger partial charge in [-0.25, -0.2) is 19.0 Å². The lowest BCUT2D eigenvalue weighted by Gasteiger charge is -2.25. The van der Waals surface area contributed by atoms with E-state index in [9.17, 15) is 24.4 Å². The molecule has 0 saturated carbocycles. The zero-order chi connectivity index (χ0) is 32.7. The van der Waals surface area contributed by atoms with E-state index in [0.717, 1.165) is 4.68 Å². The highest BCUT2D eigenvalue weighted by atomic mass is 16.2. The monoisotopic (exact) mass is 616 g/mol. The number of fused-ring (bicyclic) bond motifs is 1. The Bertz CT molecular complexity index is 2130. The average molecular weight is 617 g/mol. The number of pyridine rings is 1. The van der Waals surface area contributed by atoms with Crippen LogP contribution in [0.2, 0.25) is 0 Å². The molecular weight excluding hydrogens is 588 g/mol. The van der Waals surface area contributed by atoms with Gasteiger partial charge in [-0.3, -0.25) is 19.1 Å². The van der Waals surface area contributed by atoms with E-state index < -0.39 is 17.6 Å². The number of benzene rings is 2. The van der Waals surface area contributed by atoms with Gasteiger partial charge in [0.2, 0.25) is 5.82 Å². The number of aryl methyl sites for hydroxylation is 3. The van der Waals surface area contributed by atoms with Crippen LogP contribution in [0.4, 0.5) is 17.2 Å². The van der Waals surface area contributed by atoms with Gasteiger partial charge in [0.15, 0.2) is 5.82 Å². The number of carbonyl (C=O) groups excluding carboxylic acids is 3. The maximum absolute atomic E-state index is 13.8. The summed E-state index contributed by atoms with van der Waals surface area (Å²) < 4.78 is 3.84. The second kappa shape index (κ2) is 11.6. The number of hydrogen-bond acceptors (Lipinski definition) is 8. The lowest BCUT2D eigenvalue weighted by atomic mass is 9.99. The summed E-state index contributed by atoms with van der Waals surface area (Å²) in [7, 11) is 3.20. The van der Waals surface area contributed by atoms with Crippen molar-refractivity contribution >= 4 is 34.9 Å². The van der Waals surface area contributed by atoms with Gasteiger partial charge in [0, 0.05) is 60.1 Å². The Morgan fingerprint density at radius 2 is 1.70 bits per heavy atom. The van der Waals surface area contributed by atoms with Crippen LogP contribution in [0.15, 0.2) is 71.7 Å². The summed E-state index contributed by atoms with van der Waals surface area (Å²) in [5, 5.41) is 23.1. The summed E-state index contributed by atoms with van der Waals surface area (Å²) >= 11 is 0. The van der Waals surface area contributed by atoms with Crippen LogP contribution in [0.5, 0.6) is 0 Å². The Morgan fingerprint density at radius 3 is 2.37 bits per heavy atom. The molecule has 0 bridgehead atoms. The molecule has 0 unspecified atom stereocenters. The van der Waals surface area contributed by atoms with E-state index in [0.29, 0.717) is 51.7 Å². The number of nitriles is 1. The standard InChI is InChI=1S/C32H28N10O4/c1-5-24-27-23(31(45)41(24)21-9-11-22(12-10-21)42-26(17-33)38-40(4)32(42)46)15-18(2)34-28(27)30(44)35-20-8-6-7-19(16-20)29(43)36-25-13-14-39(3)37-25/h6-16,24H,5H2,1-4H3,(H,35,44)(H,36,37,43)/t24-/m1/s1. The van der Waals surface area contributed by atoms with Gasteiger partial charge in [-0.2, -0.15) is 10.4 Å². The molecule has 2 aromatic carbocycles. The third kappa shape index (κ3) is 5.19. The molecule has 0 fully saturated rings. The zero-order valence-electron chi connectivity index (χ0n) is 25.3. The van der Waals surface area contributed by atoms with Crippen molar-refractivity contribution in [3.8, 4) is 11.8 Å². The summed E-state index contributed by atoms with van der Waals surface area (Å²) in [6.07, 6.45) is 2.19. The Labute approximate surface area is 262 Å². The Hall–Kier alpha value is -6.36. The lowest BCUT2D eigenvalue weighted by molar-refractivity contribution is 0.0988.